The number of rotatable bonds is 6. The van der Waals surface area contributed by atoms with Crippen molar-refractivity contribution < 1.29 is 20.1 Å². The van der Waals surface area contributed by atoms with Crippen LogP contribution >= 0.6 is 0 Å². The number of aliphatic hydroxyl groups is 3. The van der Waals surface area contributed by atoms with E-state index in [-0.39, 0.29) is 12.5 Å². The van der Waals surface area contributed by atoms with Gasteiger partial charge in [-0.3, -0.25) is 4.79 Å². The number of hydrogen-bond acceptors (Lipinski definition) is 8. The Labute approximate surface area is 184 Å². The summed E-state index contributed by atoms with van der Waals surface area (Å²) in [6.45, 7) is 0.255. The third kappa shape index (κ3) is 3.60. The van der Waals surface area contributed by atoms with Gasteiger partial charge >= 0.3 is 0 Å². The lowest BCUT2D eigenvalue weighted by atomic mass is 9.89. The zero-order valence-electron chi connectivity index (χ0n) is 17.4. The molecule has 3 heterocycles. The van der Waals surface area contributed by atoms with Gasteiger partial charge in [0.15, 0.2) is 11.5 Å². The molecule has 0 radical (unpaired) electrons. The molecule has 10 heteroatoms. The van der Waals surface area contributed by atoms with E-state index in [2.05, 4.69) is 25.6 Å². The Morgan fingerprint density at radius 3 is 2.66 bits per heavy atom. The second kappa shape index (κ2) is 8.12. The molecular formula is C22H26N6O4. The van der Waals surface area contributed by atoms with Crippen LogP contribution in [0.25, 0.3) is 11.2 Å². The van der Waals surface area contributed by atoms with Gasteiger partial charge in [0, 0.05) is 19.1 Å². The van der Waals surface area contributed by atoms with Crippen molar-refractivity contribution in [1.82, 2.24) is 24.8 Å². The lowest BCUT2D eigenvalue weighted by Crippen LogP contribution is -2.43. The van der Waals surface area contributed by atoms with Crippen LogP contribution in [0, 0.1) is 5.92 Å². The first-order valence-electron chi connectivity index (χ1n) is 10.7. The van der Waals surface area contributed by atoms with Gasteiger partial charge in [0.25, 0.3) is 0 Å². The molecule has 0 spiro atoms. The average Bonchev–Trinajstić information content (AvgIpc) is 3.46. The molecule has 2 aromatic heterocycles. The van der Waals surface area contributed by atoms with Crippen LogP contribution in [0.3, 0.4) is 0 Å². The molecule has 1 aliphatic heterocycles. The van der Waals surface area contributed by atoms with Crippen LogP contribution in [0.1, 0.15) is 24.4 Å². The van der Waals surface area contributed by atoms with Crippen molar-refractivity contribution >= 4 is 22.9 Å². The first-order valence-corrected chi connectivity index (χ1v) is 10.7. The van der Waals surface area contributed by atoms with Crippen molar-refractivity contribution in [1.29, 1.82) is 0 Å². The minimum absolute atomic E-state index is 0.0256. The second-order valence-corrected chi connectivity index (χ2v) is 8.79. The maximum atomic E-state index is 12.1. The summed E-state index contributed by atoms with van der Waals surface area (Å²) in [6, 6.07) is 9.50. The molecule has 168 valence electrons. The highest BCUT2D eigenvalue weighted by Gasteiger charge is 2.43. The maximum absolute atomic E-state index is 12.1. The molecule has 2 aliphatic rings. The minimum Gasteiger partial charge on any atom is -0.396 e. The number of benzene rings is 1. The molecule has 1 saturated carbocycles. The summed E-state index contributed by atoms with van der Waals surface area (Å²) < 4.78 is 1.73. The largest absolute Gasteiger partial charge is 0.396 e. The van der Waals surface area contributed by atoms with Crippen molar-refractivity contribution in [3.63, 3.8) is 0 Å². The number of hydrogen-bond donors (Lipinski definition) is 5. The number of aliphatic hydroxyl groups excluding tert-OH is 3. The number of nitrogens with zero attached hydrogens (tertiary/aromatic N) is 4. The molecule has 0 bridgehead atoms. The summed E-state index contributed by atoms with van der Waals surface area (Å²) in [5.74, 6) is 0.0758. The molecule has 1 aromatic carbocycles. The van der Waals surface area contributed by atoms with Crippen LogP contribution in [0.4, 0.5) is 5.82 Å². The van der Waals surface area contributed by atoms with Gasteiger partial charge in [0.05, 0.1) is 30.4 Å². The number of amides is 1. The van der Waals surface area contributed by atoms with Crippen molar-refractivity contribution in [3.05, 3.63) is 48.5 Å². The Bertz CT molecular complexity index is 1120. The standard InChI is InChI=1S/C22H26N6O4/c29-9-14-6-15(19(32)18(14)31)28-12-26-17-20(24-11-25-21(17)28)27-22(8-16(30)23-10-22)7-13-4-2-1-3-5-13/h1-5,11-12,14-15,18-19,29,31-32H,6-10H2,(H,23,30)(H,24,25,27)/t14-,15-,18-,19+,22+/m1/s1. The fourth-order valence-corrected chi connectivity index (χ4v) is 4.94. The normalized spacial score (nSPS) is 30.0. The van der Waals surface area contributed by atoms with Crippen LogP contribution in [-0.2, 0) is 11.2 Å². The van der Waals surface area contributed by atoms with E-state index in [0.717, 1.165) is 5.56 Å². The molecule has 5 atom stereocenters. The first kappa shape index (κ1) is 20.8. The van der Waals surface area contributed by atoms with Crippen LogP contribution in [0.5, 0.6) is 0 Å². The van der Waals surface area contributed by atoms with E-state index in [1.165, 1.54) is 6.33 Å². The van der Waals surface area contributed by atoms with E-state index >= 15 is 0 Å². The molecule has 5 rings (SSSR count). The number of nitrogens with one attached hydrogen (secondary N) is 2. The van der Waals surface area contributed by atoms with E-state index < -0.39 is 29.7 Å². The zero-order valence-corrected chi connectivity index (χ0v) is 17.4. The van der Waals surface area contributed by atoms with Crippen molar-refractivity contribution in [3.8, 4) is 0 Å². The number of aromatic nitrogens is 4. The predicted octanol–water partition coefficient (Wildman–Crippen LogP) is 0.0147. The maximum Gasteiger partial charge on any atom is 0.222 e. The Balaban J connectivity index is 1.48. The lowest BCUT2D eigenvalue weighted by molar-refractivity contribution is -0.119. The molecule has 3 aromatic rings. The molecule has 2 fully saturated rings. The number of carbonyl (C=O) groups excluding carboxylic acids is 1. The Kier molecular flexibility index (Phi) is 5.28. The highest BCUT2D eigenvalue weighted by molar-refractivity contribution is 5.85. The lowest BCUT2D eigenvalue weighted by Gasteiger charge is -2.29. The van der Waals surface area contributed by atoms with E-state index in [9.17, 15) is 20.1 Å². The van der Waals surface area contributed by atoms with Gasteiger partial charge in [-0.15, -0.1) is 0 Å². The van der Waals surface area contributed by atoms with Crippen molar-refractivity contribution in [2.75, 3.05) is 18.5 Å². The molecule has 10 nitrogen and oxygen atoms in total. The van der Waals surface area contributed by atoms with Crippen LogP contribution in [-0.4, -0.2) is 71.6 Å². The third-order valence-electron chi connectivity index (χ3n) is 6.61. The summed E-state index contributed by atoms with van der Waals surface area (Å²) in [4.78, 5) is 25.4. The summed E-state index contributed by atoms with van der Waals surface area (Å²) in [6.07, 6.45) is 2.30. The van der Waals surface area contributed by atoms with Gasteiger partial charge in [0.1, 0.15) is 17.9 Å². The molecule has 1 aliphatic carbocycles. The monoisotopic (exact) mass is 438 g/mol. The van der Waals surface area contributed by atoms with Crippen LogP contribution in [0.2, 0.25) is 0 Å². The predicted molar refractivity (Wildman–Crippen MR) is 116 cm³/mol. The average molecular weight is 438 g/mol. The topological polar surface area (TPSA) is 145 Å². The van der Waals surface area contributed by atoms with Crippen molar-refractivity contribution in [2.24, 2.45) is 5.92 Å². The smallest absolute Gasteiger partial charge is 0.222 e. The van der Waals surface area contributed by atoms with E-state index in [4.69, 9.17) is 0 Å². The quantitative estimate of drug-likeness (QED) is 0.362. The third-order valence-corrected chi connectivity index (χ3v) is 6.61. The second-order valence-electron chi connectivity index (χ2n) is 8.79. The van der Waals surface area contributed by atoms with Crippen LogP contribution in [0.15, 0.2) is 43.0 Å². The summed E-state index contributed by atoms with van der Waals surface area (Å²) >= 11 is 0. The molecule has 1 saturated heterocycles. The summed E-state index contributed by atoms with van der Waals surface area (Å²) in [5, 5.41) is 36.6. The Morgan fingerprint density at radius 1 is 1.16 bits per heavy atom. The van der Waals surface area contributed by atoms with E-state index in [0.29, 0.717) is 42.8 Å². The number of carbonyl (C=O) groups is 1. The molecule has 0 unspecified atom stereocenters. The zero-order chi connectivity index (χ0) is 22.3. The number of imidazole rings is 1. The van der Waals surface area contributed by atoms with Gasteiger partial charge in [0.2, 0.25) is 5.91 Å². The fraction of sp³-hybridized carbons (Fsp3) is 0.455. The van der Waals surface area contributed by atoms with Gasteiger partial charge in [-0.25, -0.2) is 15.0 Å². The number of fused-ring (bicyclic) bond motifs is 1. The summed E-state index contributed by atoms with van der Waals surface area (Å²) in [5.41, 5.74) is 1.58. The summed E-state index contributed by atoms with van der Waals surface area (Å²) in [7, 11) is 0. The molecular weight excluding hydrogens is 412 g/mol. The van der Waals surface area contributed by atoms with E-state index in [1.807, 2.05) is 30.3 Å². The highest BCUT2D eigenvalue weighted by Crippen LogP contribution is 2.37. The molecule has 32 heavy (non-hydrogen) atoms. The molecule has 1 amide bonds. The Morgan fingerprint density at radius 2 is 1.97 bits per heavy atom. The van der Waals surface area contributed by atoms with Gasteiger partial charge in [-0.05, 0) is 18.4 Å². The van der Waals surface area contributed by atoms with Gasteiger partial charge in [-0.1, -0.05) is 30.3 Å². The van der Waals surface area contributed by atoms with E-state index in [1.54, 1.807) is 10.9 Å². The number of anilines is 1. The van der Waals surface area contributed by atoms with Crippen molar-refractivity contribution in [2.45, 2.75) is 43.1 Å². The minimum atomic E-state index is -1.03. The SMILES string of the molecule is O=C1C[C@](Cc2ccccc2)(Nc2ncnc3c2ncn3[C@@H]2C[C@H](CO)[C@@H](O)[C@H]2O)CN1. The first-order chi connectivity index (χ1) is 15.5. The van der Waals surface area contributed by atoms with Gasteiger partial charge in [-0.2, -0.15) is 0 Å². The molecule has 5 N–H and O–H groups in total. The fourth-order valence-electron chi connectivity index (χ4n) is 4.94. The van der Waals surface area contributed by atoms with Gasteiger partial charge < -0.3 is 30.5 Å². The Hall–Kier alpha value is -3.08. The highest BCUT2D eigenvalue weighted by atomic mass is 16.3. The van der Waals surface area contributed by atoms with Crippen LogP contribution < -0.4 is 10.6 Å².